The van der Waals surface area contributed by atoms with Crippen molar-refractivity contribution in [3.63, 3.8) is 0 Å². The van der Waals surface area contributed by atoms with Crippen LogP contribution in [0.1, 0.15) is 22.8 Å². The number of pyridine rings is 1. The molecule has 0 aliphatic heterocycles. The molecule has 1 amide bonds. The Morgan fingerprint density at radius 3 is 2.54 bits per heavy atom. The highest BCUT2D eigenvalue weighted by molar-refractivity contribution is 6.30. The minimum atomic E-state index is -0.428. The number of amides is 1. The van der Waals surface area contributed by atoms with Crippen molar-refractivity contribution >= 4 is 23.5 Å². The topological polar surface area (TPSA) is 59.5 Å². The van der Waals surface area contributed by atoms with E-state index < -0.39 is 5.92 Å². The van der Waals surface area contributed by atoms with Gasteiger partial charge in [0.2, 0.25) is 0 Å². The molecule has 2 aromatic rings. The second kappa shape index (κ2) is 8.45. The molecule has 0 aliphatic rings. The number of benzene rings is 1. The third kappa shape index (κ3) is 4.80. The maximum Gasteiger partial charge on any atom is 0.310 e. The van der Waals surface area contributed by atoms with Gasteiger partial charge in [-0.05, 0) is 29.8 Å². The molecule has 0 aliphatic carbocycles. The van der Waals surface area contributed by atoms with Crippen LogP contribution in [0.3, 0.4) is 0 Å². The standard InChI is InChI=1S/C18H19ClN2O3/c1-13(18(23)24-2)11-21(12-14-5-7-16(19)8-6-14)17(22)15-4-3-9-20-10-15/h3-10,13H,11-12H2,1-2H3. The van der Waals surface area contributed by atoms with Gasteiger partial charge < -0.3 is 9.64 Å². The minimum Gasteiger partial charge on any atom is -0.469 e. The maximum absolute atomic E-state index is 12.8. The molecule has 0 saturated carbocycles. The Hall–Kier alpha value is -2.40. The van der Waals surface area contributed by atoms with Crippen LogP contribution in [0.2, 0.25) is 5.02 Å². The number of esters is 1. The Kier molecular flexibility index (Phi) is 6.32. The predicted molar refractivity (Wildman–Crippen MR) is 91.6 cm³/mol. The highest BCUT2D eigenvalue weighted by Gasteiger charge is 2.23. The van der Waals surface area contributed by atoms with Crippen molar-refractivity contribution in [1.29, 1.82) is 0 Å². The number of carbonyl (C=O) groups is 2. The average Bonchev–Trinajstić information content (AvgIpc) is 2.62. The molecule has 0 spiro atoms. The number of ether oxygens (including phenoxy) is 1. The zero-order valence-electron chi connectivity index (χ0n) is 13.6. The summed E-state index contributed by atoms with van der Waals surface area (Å²) in [4.78, 5) is 30.1. The minimum absolute atomic E-state index is 0.186. The highest BCUT2D eigenvalue weighted by Crippen LogP contribution is 2.15. The van der Waals surface area contributed by atoms with E-state index in [-0.39, 0.29) is 18.4 Å². The van der Waals surface area contributed by atoms with Crippen molar-refractivity contribution < 1.29 is 14.3 Å². The van der Waals surface area contributed by atoms with Gasteiger partial charge in [-0.1, -0.05) is 30.7 Å². The molecule has 6 heteroatoms. The van der Waals surface area contributed by atoms with Gasteiger partial charge in [-0.25, -0.2) is 0 Å². The Bertz CT molecular complexity index is 689. The first-order valence-corrected chi connectivity index (χ1v) is 7.90. The van der Waals surface area contributed by atoms with Gasteiger partial charge in [-0.2, -0.15) is 0 Å². The lowest BCUT2D eigenvalue weighted by atomic mass is 10.1. The van der Waals surface area contributed by atoms with Gasteiger partial charge in [-0.3, -0.25) is 14.6 Å². The summed E-state index contributed by atoms with van der Waals surface area (Å²) in [5.74, 6) is -0.966. The monoisotopic (exact) mass is 346 g/mol. The van der Waals surface area contributed by atoms with Crippen molar-refractivity contribution in [2.75, 3.05) is 13.7 Å². The smallest absolute Gasteiger partial charge is 0.310 e. The molecule has 1 aromatic carbocycles. The number of halogens is 1. The van der Waals surface area contributed by atoms with Gasteiger partial charge in [0.1, 0.15) is 0 Å². The van der Waals surface area contributed by atoms with Crippen LogP contribution in [-0.4, -0.2) is 35.4 Å². The summed E-state index contributed by atoms with van der Waals surface area (Å²) in [6, 6.07) is 10.7. The van der Waals surface area contributed by atoms with Crippen LogP contribution in [0.5, 0.6) is 0 Å². The Labute approximate surface area is 146 Å². The Morgan fingerprint density at radius 2 is 1.96 bits per heavy atom. The number of aromatic nitrogens is 1. The van der Waals surface area contributed by atoms with E-state index in [4.69, 9.17) is 16.3 Å². The SMILES string of the molecule is COC(=O)C(C)CN(Cc1ccc(Cl)cc1)C(=O)c1cccnc1. The lowest BCUT2D eigenvalue weighted by Crippen LogP contribution is -2.36. The fraction of sp³-hybridized carbons (Fsp3) is 0.278. The van der Waals surface area contributed by atoms with Crippen LogP contribution in [0, 0.1) is 5.92 Å². The van der Waals surface area contributed by atoms with Crippen LogP contribution in [0.4, 0.5) is 0 Å². The van der Waals surface area contributed by atoms with Crippen molar-refractivity contribution in [2.24, 2.45) is 5.92 Å². The molecule has 0 fully saturated rings. The van der Waals surface area contributed by atoms with E-state index in [0.29, 0.717) is 17.1 Å². The summed E-state index contributed by atoms with van der Waals surface area (Å²) < 4.78 is 4.76. The van der Waals surface area contributed by atoms with E-state index in [1.807, 2.05) is 12.1 Å². The molecular formula is C18H19ClN2O3. The molecule has 5 nitrogen and oxygen atoms in total. The first-order valence-electron chi connectivity index (χ1n) is 7.53. The van der Waals surface area contributed by atoms with Gasteiger partial charge in [0.25, 0.3) is 5.91 Å². The zero-order chi connectivity index (χ0) is 17.5. The molecule has 24 heavy (non-hydrogen) atoms. The van der Waals surface area contributed by atoms with Gasteiger partial charge in [-0.15, -0.1) is 0 Å². The molecule has 1 atom stereocenters. The molecular weight excluding hydrogens is 328 g/mol. The summed E-state index contributed by atoms with van der Waals surface area (Å²) in [6.07, 6.45) is 3.12. The Balaban J connectivity index is 2.21. The van der Waals surface area contributed by atoms with Crippen LogP contribution in [0.15, 0.2) is 48.8 Å². The largest absolute Gasteiger partial charge is 0.469 e. The normalized spacial score (nSPS) is 11.6. The van der Waals surface area contributed by atoms with Gasteiger partial charge in [0.15, 0.2) is 0 Å². The summed E-state index contributed by atoms with van der Waals surface area (Å²) >= 11 is 5.90. The van der Waals surface area contributed by atoms with E-state index in [1.165, 1.54) is 13.3 Å². The number of nitrogens with zero attached hydrogens (tertiary/aromatic N) is 2. The average molecular weight is 347 g/mol. The van der Waals surface area contributed by atoms with Crippen molar-refractivity contribution in [3.8, 4) is 0 Å². The molecule has 126 valence electrons. The Morgan fingerprint density at radius 1 is 1.25 bits per heavy atom. The van der Waals surface area contributed by atoms with E-state index in [1.54, 1.807) is 42.3 Å². The maximum atomic E-state index is 12.8. The van der Waals surface area contributed by atoms with Crippen LogP contribution >= 0.6 is 11.6 Å². The second-order valence-electron chi connectivity index (χ2n) is 5.48. The van der Waals surface area contributed by atoms with Crippen LogP contribution in [0.25, 0.3) is 0 Å². The van der Waals surface area contributed by atoms with E-state index >= 15 is 0 Å². The summed E-state index contributed by atoms with van der Waals surface area (Å²) in [5, 5.41) is 0.631. The number of hydrogen-bond acceptors (Lipinski definition) is 4. The number of carbonyl (C=O) groups excluding carboxylic acids is 2. The fourth-order valence-electron chi connectivity index (χ4n) is 2.31. The molecule has 2 rings (SSSR count). The lowest BCUT2D eigenvalue weighted by Gasteiger charge is -2.25. The summed E-state index contributed by atoms with van der Waals surface area (Å²) in [6.45, 7) is 2.35. The number of rotatable bonds is 6. The van der Waals surface area contributed by atoms with Crippen LogP contribution in [-0.2, 0) is 16.1 Å². The second-order valence-corrected chi connectivity index (χ2v) is 5.91. The molecule has 0 N–H and O–H groups in total. The van der Waals surface area contributed by atoms with Crippen molar-refractivity contribution in [3.05, 3.63) is 64.9 Å². The van der Waals surface area contributed by atoms with Crippen LogP contribution < -0.4 is 0 Å². The van der Waals surface area contributed by atoms with E-state index in [2.05, 4.69) is 4.98 Å². The third-order valence-corrected chi connectivity index (χ3v) is 3.83. The number of methoxy groups -OCH3 is 1. The summed E-state index contributed by atoms with van der Waals surface area (Å²) in [7, 11) is 1.34. The van der Waals surface area contributed by atoms with Gasteiger partial charge in [0, 0.05) is 30.5 Å². The predicted octanol–water partition coefficient (Wildman–Crippen LogP) is 3.19. The fourth-order valence-corrected chi connectivity index (χ4v) is 2.43. The number of hydrogen-bond donors (Lipinski definition) is 0. The molecule has 0 saturated heterocycles. The first kappa shape index (κ1) is 17.9. The molecule has 0 radical (unpaired) electrons. The molecule has 1 unspecified atom stereocenters. The van der Waals surface area contributed by atoms with Crippen molar-refractivity contribution in [1.82, 2.24) is 9.88 Å². The van der Waals surface area contributed by atoms with Gasteiger partial charge in [0.05, 0.1) is 18.6 Å². The third-order valence-electron chi connectivity index (χ3n) is 3.58. The molecule has 0 bridgehead atoms. The van der Waals surface area contributed by atoms with E-state index in [9.17, 15) is 9.59 Å². The zero-order valence-corrected chi connectivity index (χ0v) is 14.4. The first-order chi connectivity index (χ1) is 11.5. The summed E-state index contributed by atoms with van der Waals surface area (Å²) in [5.41, 5.74) is 1.40. The quantitative estimate of drug-likeness (QED) is 0.754. The highest BCUT2D eigenvalue weighted by atomic mass is 35.5. The lowest BCUT2D eigenvalue weighted by molar-refractivity contribution is -0.145. The van der Waals surface area contributed by atoms with Gasteiger partial charge >= 0.3 is 5.97 Å². The van der Waals surface area contributed by atoms with E-state index in [0.717, 1.165) is 5.56 Å². The molecule has 1 heterocycles. The molecule has 1 aromatic heterocycles. The van der Waals surface area contributed by atoms with Crippen molar-refractivity contribution in [2.45, 2.75) is 13.5 Å².